The van der Waals surface area contributed by atoms with E-state index >= 15 is 0 Å². The molecule has 21 heavy (non-hydrogen) atoms. The molecule has 1 aromatic rings. The number of hydrogen-bond donors (Lipinski definition) is 1. The summed E-state index contributed by atoms with van der Waals surface area (Å²) in [5, 5.41) is 3.33. The molecule has 1 amide bonds. The van der Waals surface area contributed by atoms with E-state index in [4.69, 9.17) is 0 Å². The minimum absolute atomic E-state index is 0.121. The maximum Gasteiger partial charge on any atom is 0.251 e. The Morgan fingerprint density at radius 1 is 1.19 bits per heavy atom. The van der Waals surface area contributed by atoms with Crippen LogP contribution in [0.3, 0.4) is 0 Å². The molecule has 2 bridgehead atoms. The van der Waals surface area contributed by atoms with Crippen molar-refractivity contribution in [3.05, 3.63) is 34.9 Å². The number of nitrogens with one attached hydrogen (secondary N) is 1. The van der Waals surface area contributed by atoms with Crippen molar-refractivity contribution in [2.24, 2.45) is 5.92 Å². The maximum atomic E-state index is 12.6. The van der Waals surface area contributed by atoms with Crippen molar-refractivity contribution in [1.29, 1.82) is 0 Å². The van der Waals surface area contributed by atoms with E-state index in [1.54, 1.807) is 0 Å². The van der Waals surface area contributed by atoms with Gasteiger partial charge in [0.05, 0.1) is 0 Å². The zero-order valence-electron chi connectivity index (χ0n) is 12.8. The van der Waals surface area contributed by atoms with E-state index in [-0.39, 0.29) is 5.91 Å². The molecular weight excluding hydrogens is 260 g/mol. The van der Waals surface area contributed by atoms with Gasteiger partial charge in [-0.1, -0.05) is 6.07 Å². The lowest BCUT2D eigenvalue weighted by Crippen LogP contribution is -2.62. The van der Waals surface area contributed by atoms with E-state index in [2.05, 4.69) is 29.3 Å². The Morgan fingerprint density at radius 2 is 1.95 bits per heavy atom. The number of benzene rings is 1. The summed E-state index contributed by atoms with van der Waals surface area (Å²) >= 11 is 0. The van der Waals surface area contributed by atoms with Crippen LogP contribution in [0.1, 0.15) is 47.7 Å². The second kappa shape index (κ2) is 5.13. The molecule has 3 heterocycles. The van der Waals surface area contributed by atoms with Crippen molar-refractivity contribution in [3.8, 4) is 0 Å². The molecule has 0 spiro atoms. The SMILES string of the molecule is C[C@H]1[C@H](NC(=O)c2ccc3c(c2)CCC3)C2CCN1CC2. The average Bonchev–Trinajstić information content (AvgIpc) is 2.98. The van der Waals surface area contributed by atoms with Crippen LogP contribution in [0, 0.1) is 5.92 Å². The number of nitrogens with zero attached hydrogens (tertiary/aromatic N) is 1. The zero-order valence-corrected chi connectivity index (χ0v) is 12.8. The smallest absolute Gasteiger partial charge is 0.251 e. The molecule has 0 radical (unpaired) electrons. The third-order valence-electron chi connectivity index (χ3n) is 5.84. The molecule has 1 N–H and O–H groups in total. The number of carbonyl (C=O) groups excluding carboxylic acids is 1. The second-order valence-corrected chi connectivity index (χ2v) is 6.95. The lowest BCUT2D eigenvalue weighted by atomic mass is 9.79. The highest BCUT2D eigenvalue weighted by atomic mass is 16.1. The van der Waals surface area contributed by atoms with Crippen LogP contribution in [-0.4, -0.2) is 36.0 Å². The third kappa shape index (κ3) is 2.28. The Labute approximate surface area is 126 Å². The lowest BCUT2D eigenvalue weighted by molar-refractivity contribution is 0.0217. The van der Waals surface area contributed by atoms with Crippen LogP contribution in [0.5, 0.6) is 0 Å². The van der Waals surface area contributed by atoms with Crippen molar-refractivity contribution in [1.82, 2.24) is 10.2 Å². The number of amides is 1. The van der Waals surface area contributed by atoms with Crippen molar-refractivity contribution in [3.63, 3.8) is 0 Å². The summed E-state index contributed by atoms with van der Waals surface area (Å²) in [5.41, 5.74) is 3.66. The van der Waals surface area contributed by atoms with E-state index in [9.17, 15) is 4.79 Å². The molecule has 3 aliphatic heterocycles. The number of rotatable bonds is 2. The van der Waals surface area contributed by atoms with Gasteiger partial charge < -0.3 is 5.32 Å². The molecule has 3 fully saturated rings. The van der Waals surface area contributed by atoms with Gasteiger partial charge in [0, 0.05) is 17.6 Å². The Balaban J connectivity index is 1.50. The molecular formula is C18H24N2O. The van der Waals surface area contributed by atoms with Crippen molar-refractivity contribution >= 4 is 5.91 Å². The van der Waals surface area contributed by atoms with Gasteiger partial charge in [-0.05, 0) is 81.3 Å². The summed E-state index contributed by atoms with van der Waals surface area (Å²) in [6, 6.07) is 7.08. The van der Waals surface area contributed by atoms with E-state index in [1.807, 2.05) is 6.07 Å². The Kier molecular flexibility index (Phi) is 3.26. The molecule has 3 heteroatoms. The van der Waals surface area contributed by atoms with Crippen LogP contribution >= 0.6 is 0 Å². The zero-order chi connectivity index (χ0) is 14.4. The van der Waals surface area contributed by atoms with Gasteiger partial charge in [0.25, 0.3) is 5.91 Å². The largest absolute Gasteiger partial charge is 0.347 e. The average molecular weight is 284 g/mol. The highest BCUT2D eigenvalue weighted by Gasteiger charge is 2.40. The highest BCUT2D eigenvalue weighted by Crippen LogP contribution is 2.32. The van der Waals surface area contributed by atoms with Crippen LogP contribution in [-0.2, 0) is 12.8 Å². The van der Waals surface area contributed by atoms with Crippen molar-refractivity contribution in [2.75, 3.05) is 13.1 Å². The summed E-state index contributed by atoms with van der Waals surface area (Å²) < 4.78 is 0. The minimum Gasteiger partial charge on any atom is -0.347 e. The fourth-order valence-electron chi connectivity index (χ4n) is 4.49. The molecule has 0 unspecified atom stereocenters. The summed E-state index contributed by atoms with van der Waals surface area (Å²) in [6.07, 6.45) is 6.01. The van der Waals surface area contributed by atoms with Crippen LogP contribution < -0.4 is 5.32 Å². The fourth-order valence-corrected chi connectivity index (χ4v) is 4.49. The van der Waals surface area contributed by atoms with Crippen LogP contribution in [0.25, 0.3) is 0 Å². The number of aryl methyl sites for hydroxylation is 2. The van der Waals surface area contributed by atoms with Gasteiger partial charge >= 0.3 is 0 Å². The molecule has 1 aliphatic carbocycles. The van der Waals surface area contributed by atoms with Crippen molar-refractivity contribution in [2.45, 2.75) is 51.1 Å². The predicted octanol–water partition coefficient (Wildman–Crippen LogP) is 2.39. The quantitative estimate of drug-likeness (QED) is 0.904. The summed E-state index contributed by atoms with van der Waals surface area (Å²) in [6.45, 7) is 4.67. The van der Waals surface area contributed by atoms with Crippen LogP contribution in [0.15, 0.2) is 18.2 Å². The first kappa shape index (κ1) is 13.3. The van der Waals surface area contributed by atoms with Gasteiger partial charge in [-0.15, -0.1) is 0 Å². The number of fused-ring (bicyclic) bond motifs is 4. The standard InChI is InChI=1S/C18H24N2O/c1-12-17(14-7-9-20(12)10-8-14)19-18(21)16-6-5-13-3-2-4-15(13)11-16/h5-6,11-12,14,17H,2-4,7-10H2,1H3,(H,19,21)/t12-,17-/m0/s1. The predicted molar refractivity (Wildman–Crippen MR) is 83.5 cm³/mol. The third-order valence-corrected chi connectivity index (χ3v) is 5.84. The molecule has 2 atom stereocenters. The first-order chi connectivity index (χ1) is 10.2. The van der Waals surface area contributed by atoms with Gasteiger partial charge in [0.1, 0.15) is 0 Å². The van der Waals surface area contributed by atoms with E-state index < -0.39 is 0 Å². The summed E-state index contributed by atoms with van der Waals surface area (Å²) in [7, 11) is 0. The van der Waals surface area contributed by atoms with Gasteiger partial charge in [-0.2, -0.15) is 0 Å². The van der Waals surface area contributed by atoms with Gasteiger partial charge in [0.15, 0.2) is 0 Å². The molecule has 0 aromatic heterocycles. The first-order valence-corrected chi connectivity index (χ1v) is 8.39. The van der Waals surface area contributed by atoms with Gasteiger partial charge in [0.2, 0.25) is 0 Å². The molecule has 5 rings (SSSR count). The second-order valence-electron chi connectivity index (χ2n) is 6.95. The van der Waals surface area contributed by atoms with E-state index in [1.165, 1.54) is 49.9 Å². The Morgan fingerprint density at radius 3 is 2.71 bits per heavy atom. The van der Waals surface area contributed by atoms with Crippen LogP contribution in [0.4, 0.5) is 0 Å². The highest BCUT2D eigenvalue weighted by molar-refractivity contribution is 5.94. The summed E-state index contributed by atoms with van der Waals surface area (Å²) in [4.78, 5) is 15.1. The van der Waals surface area contributed by atoms with Crippen LogP contribution in [0.2, 0.25) is 0 Å². The number of hydrogen-bond acceptors (Lipinski definition) is 2. The van der Waals surface area contributed by atoms with Gasteiger partial charge in [-0.25, -0.2) is 0 Å². The normalized spacial score (nSPS) is 33.8. The Hall–Kier alpha value is -1.35. The topological polar surface area (TPSA) is 32.3 Å². The maximum absolute atomic E-state index is 12.6. The molecule has 112 valence electrons. The monoisotopic (exact) mass is 284 g/mol. The number of carbonyl (C=O) groups is 1. The van der Waals surface area contributed by atoms with E-state index in [0.29, 0.717) is 18.0 Å². The molecule has 0 saturated carbocycles. The lowest BCUT2D eigenvalue weighted by Gasteiger charge is -2.49. The molecule has 1 aromatic carbocycles. The van der Waals surface area contributed by atoms with Gasteiger partial charge in [-0.3, -0.25) is 9.69 Å². The summed E-state index contributed by atoms with van der Waals surface area (Å²) in [5.74, 6) is 0.790. The number of piperidine rings is 3. The molecule has 4 aliphatic rings. The molecule has 3 saturated heterocycles. The Bertz CT molecular complexity index is 558. The minimum atomic E-state index is 0.121. The fraction of sp³-hybridized carbons (Fsp3) is 0.611. The molecule has 3 nitrogen and oxygen atoms in total. The first-order valence-electron chi connectivity index (χ1n) is 8.39. The van der Waals surface area contributed by atoms with E-state index in [0.717, 1.165) is 12.0 Å². The van der Waals surface area contributed by atoms with Crippen molar-refractivity contribution < 1.29 is 4.79 Å².